The van der Waals surface area contributed by atoms with Gasteiger partial charge in [-0.1, -0.05) is 24.8 Å². The van der Waals surface area contributed by atoms with Crippen LogP contribution < -0.4 is 0 Å². The molecule has 0 unspecified atom stereocenters. The van der Waals surface area contributed by atoms with E-state index in [0.717, 1.165) is 11.2 Å². The molecule has 0 aromatic heterocycles. The van der Waals surface area contributed by atoms with Gasteiger partial charge < -0.3 is 9.64 Å². The summed E-state index contributed by atoms with van der Waals surface area (Å²) in [4.78, 5) is 39.9. The van der Waals surface area contributed by atoms with Crippen LogP contribution in [0.3, 0.4) is 0 Å². The molecular weight excluding hydrogens is 388 g/mol. The van der Waals surface area contributed by atoms with E-state index >= 15 is 0 Å². The summed E-state index contributed by atoms with van der Waals surface area (Å²) in [6, 6.07) is 5.83. The Hall–Kier alpha value is -2.72. The first-order chi connectivity index (χ1) is 13.2. The molecule has 3 amide bonds. The highest BCUT2D eigenvalue weighted by atomic mass is 32.2. The molecule has 150 valence electrons. The van der Waals surface area contributed by atoms with Gasteiger partial charge in [0.25, 0.3) is 21.9 Å². The third-order valence-corrected chi connectivity index (χ3v) is 5.14. The van der Waals surface area contributed by atoms with Crippen LogP contribution >= 0.6 is 0 Å². The highest BCUT2D eigenvalue weighted by Gasteiger charge is 2.43. The molecule has 3 rings (SSSR count). The van der Waals surface area contributed by atoms with Crippen molar-refractivity contribution in [2.75, 3.05) is 26.0 Å². The zero-order chi connectivity index (χ0) is 20.5. The number of hydrogen-bond acceptors (Lipinski definition) is 7. The molecule has 1 aromatic carbocycles. The van der Waals surface area contributed by atoms with Gasteiger partial charge in [0.15, 0.2) is 0 Å². The maximum Gasteiger partial charge on any atom is 0.410 e. The van der Waals surface area contributed by atoms with Crippen molar-refractivity contribution >= 4 is 28.0 Å². The maximum absolute atomic E-state index is 12.6. The first-order valence-corrected chi connectivity index (χ1v) is 10.4. The molecule has 0 N–H and O–H groups in total. The van der Waals surface area contributed by atoms with Crippen molar-refractivity contribution in [2.24, 2.45) is 0 Å². The van der Waals surface area contributed by atoms with E-state index in [4.69, 9.17) is 8.92 Å². The standard InChI is InChI=1S/C18H20N2O7S/c1-3-8-26-18(23)19-11-13(27-28(2,24)25)9-12(19)10-20-16(21)14-6-4-5-7-15(14)17(20)22/h3-7,12-13H,1,8-11H2,2H3/t12-,13+/m0/s1. The summed E-state index contributed by atoms with van der Waals surface area (Å²) in [5.41, 5.74) is 0.602. The first kappa shape index (κ1) is 20.0. The second-order valence-corrected chi connectivity index (χ2v) is 8.20. The van der Waals surface area contributed by atoms with Crippen LogP contribution in [0.2, 0.25) is 0 Å². The fourth-order valence-electron chi connectivity index (χ4n) is 3.42. The Labute approximate surface area is 162 Å². The fourth-order valence-corrected chi connectivity index (χ4v) is 4.05. The van der Waals surface area contributed by atoms with Gasteiger partial charge in [0.05, 0.1) is 42.6 Å². The fraction of sp³-hybridized carbons (Fsp3) is 0.389. The highest BCUT2D eigenvalue weighted by molar-refractivity contribution is 7.86. The van der Waals surface area contributed by atoms with Gasteiger partial charge in [-0.25, -0.2) is 4.79 Å². The molecule has 0 aliphatic carbocycles. The molecule has 0 bridgehead atoms. The number of benzene rings is 1. The quantitative estimate of drug-likeness (QED) is 0.393. The molecule has 2 heterocycles. The second-order valence-electron chi connectivity index (χ2n) is 6.60. The molecule has 0 spiro atoms. The summed E-state index contributed by atoms with van der Waals surface area (Å²) in [5, 5.41) is 0. The molecule has 0 radical (unpaired) electrons. The van der Waals surface area contributed by atoms with Gasteiger partial charge in [0.2, 0.25) is 0 Å². The molecule has 9 nitrogen and oxygen atoms in total. The lowest BCUT2D eigenvalue weighted by molar-refractivity contribution is 0.0587. The normalized spacial score (nSPS) is 21.8. The zero-order valence-electron chi connectivity index (χ0n) is 15.2. The molecule has 1 fully saturated rings. The van der Waals surface area contributed by atoms with Crippen LogP contribution in [-0.4, -0.2) is 74.2 Å². The van der Waals surface area contributed by atoms with E-state index in [1.54, 1.807) is 24.3 Å². The smallest absolute Gasteiger partial charge is 0.410 e. The molecule has 2 aliphatic rings. The third-order valence-electron chi connectivity index (χ3n) is 4.52. The van der Waals surface area contributed by atoms with Crippen LogP contribution in [0.25, 0.3) is 0 Å². The molecule has 1 aromatic rings. The van der Waals surface area contributed by atoms with Crippen molar-refractivity contribution in [1.29, 1.82) is 0 Å². The summed E-state index contributed by atoms with van der Waals surface area (Å²) in [5.74, 6) is -0.903. The largest absolute Gasteiger partial charge is 0.445 e. The number of hydrogen-bond donors (Lipinski definition) is 0. The van der Waals surface area contributed by atoms with E-state index in [1.165, 1.54) is 11.0 Å². The van der Waals surface area contributed by atoms with Gasteiger partial charge >= 0.3 is 6.09 Å². The second kappa shape index (κ2) is 7.72. The van der Waals surface area contributed by atoms with Crippen LogP contribution in [0.5, 0.6) is 0 Å². The lowest BCUT2D eigenvalue weighted by atomic mass is 10.1. The zero-order valence-corrected chi connectivity index (χ0v) is 16.1. The summed E-state index contributed by atoms with van der Waals surface area (Å²) in [7, 11) is -3.73. The predicted molar refractivity (Wildman–Crippen MR) is 98.2 cm³/mol. The molecule has 2 aliphatic heterocycles. The molecule has 1 saturated heterocycles. The van der Waals surface area contributed by atoms with Crippen LogP contribution in [0.4, 0.5) is 4.79 Å². The number of amides is 3. The van der Waals surface area contributed by atoms with Crippen molar-refractivity contribution in [3.63, 3.8) is 0 Å². The summed E-state index contributed by atoms with van der Waals surface area (Å²) >= 11 is 0. The molecule has 10 heteroatoms. The van der Waals surface area contributed by atoms with Crippen molar-refractivity contribution < 1.29 is 31.7 Å². The van der Waals surface area contributed by atoms with Crippen molar-refractivity contribution in [3.8, 4) is 0 Å². The van der Waals surface area contributed by atoms with E-state index in [2.05, 4.69) is 6.58 Å². The van der Waals surface area contributed by atoms with Crippen LogP contribution in [-0.2, 0) is 19.0 Å². The number of nitrogens with zero attached hydrogens (tertiary/aromatic N) is 2. The number of carbonyl (C=O) groups excluding carboxylic acids is 3. The van der Waals surface area contributed by atoms with Crippen LogP contribution in [0.1, 0.15) is 27.1 Å². The Bertz CT molecular complexity index is 893. The van der Waals surface area contributed by atoms with E-state index in [9.17, 15) is 22.8 Å². The van der Waals surface area contributed by atoms with E-state index in [1.807, 2.05) is 0 Å². The number of carbonyl (C=O) groups is 3. The Kier molecular flexibility index (Phi) is 5.52. The van der Waals surface area contributed by atoms with Crippen molar-refractivity contribution in [2.45, 2.75) is 18.6 Å². The molecule has 0 saturated carbocycles. The topological polar surface area (TPSA) is 110 Å². The van der Waals surface area contributed by atoms with Crippen LogP contribution in [0.15, 0.2) is 36.9 Å². The average Bonchev–Trinajstić information content (AvgIpc) is 3.13. The van der Waals surface area contributed by atoms with E-state index in [-0.39, 0.29) is 26.1 Å². The number of rotatable bonds is 6. The average molecular weight is 408 g/mol. The van der Waals surface area contributed by atoms with Gasteiger partial charge in [-0.05, 0) is 18.6 Å². The third kappa shape index (κ3) is 4.07. The lowest BCUT2D eigenvalue weighted by Gasteiger charge is -2.26. The number of ether oxygens (including phenoxy) is 1. The van der Waals surface area contributed by atoms with Gasteiger partial charge in [0, 0.05) is 0 Å². The van der Waals surface area contributed by atoms with Gasteiger partial charge in [-0.3, -0.25) is 18.7 Å². The minimum Gasteiger partial charge on any atom is -0.445 e. The Morgan fingerprint density at radius 3 is 2.39 bits per heavy atom. The van der Waals surface area contributed by atoms with E-state index in [0.29, 0.717) is 11.1 Å². The van der Waals surface area contributed by atoms with Gasteiger partial charge in [-0.15, -0.1) is 0 Å². The molecular formula is C18H20N2O7S. The monoisotopic (exact) mass is 408 g/mol. The first-order valence-electron chi connectivity index (χ1n) is 8.59. The number of likely N-dealkylation sites (tertiary alicyclic amines) is 1. The van der Waals surface area contributed by atoms with Crippen LogP contribution in [0, 0.1) is 0 Å². The summed E-state index contributed by atoms with van der Waals surface area (Å²) in [6.07, 6.45) is 0.985. The maximum atomic E-state index is 12.6. The Morgan fingerprint density at radius 2 is 1.86 bits per heavy atom. The van der Waals surface area contributed by atoms with Crippen molar-refractivity contribution in [1.82, 2.24) is 9.80 Å². The Balaban J connectivity index is 1.79. The SMILES string of the molecule is C=CCOC(=O)N1C[C@H](OS(C)(=O)=O)C[C@H]1CN1C(=O)c2ccccc2C1=O. The molecule has 28 heavy (non-hydrogen) atoms. The number of fused-ring (bicyclic) bond motifs is 1. The van der Waals surface area contributed by atoms with Gasteiger partial charge in [0.1, 0.15) is 6.61 Å². The highest BCUT2D eigenvalue weighted by Crippen LogP contribution is 2.28. The minimum absolute atomic E-state index is 0.0212. The summed E-state index contributed by atoms with van der Waals surface area (Å²) < 4.78 is 32.9. The van der Waals surface area contributed by atoms with E-state index < -0.39 is 40.2 Å². The predicted octanol–water partition coefficient (Wildman–Crippen LogP) is 1.02. The summed E-state index contributed by atoms with van der Waals surface area (Å²) in [6.45, 7) is 3.33. The molecule has 2 atom stereocenters. The lowest BCUT2D eigenvalue weighted by Crippen LogP contribution is -2.45. The number of imide groups is 1. The van der Waals surface area contributed by atoms with Crippen molar-refractivity contribution in [3.05, 3.63) is 48.0 Å². The van der Waals surface area contributed by atoms with Gasteiger partial charge in [-0.2, -0.15) is 8.42 Å². The Morgan fingerprint density at radius 1 is 1.25 bits per heavy atom. The minimum atomic E-state index is -3.73.